The lowest BCUT2D eigenvalue weighted by Crippen LogP contribution is -2.12. The van der Waals surface area contributed by atoms with Gasteiger partial charge in [-0.15, -0.1) is 0 Å². The first-order chi connectivity index (χ1) is 9.19. The van der Waals surface area contributed by atoms with Crippen LogP contribution in [0.4, 0.5) is 0 Å². The third kappa shape index (κ3) is 3.94. The lowest BCUT2D eigenvalue weighted by molar-refractivity contribution is 0.471. The first kappa shape index (κ1) is 13.8. The Labute approximate surface area is 118 Å². The van der Waals surface area contributed by atoms with Gasteiger partial charge in [-0.2, -0.15) is 0 Å². The summed E-state index contributed by atoms with van der Waals surface area (Å²) >= 11 is 5.86. The highest BCUT2D eigenvalue weighted by molar-refractivity contribution is 6.30. The highest BCUT2D eigenvalue weighted by Crippen LogP contribution is 2.26. The molecule has 0 bridgehead atoms. The van der Waals surface area contributed by atoms with E-state index in [4.69, 9.17) is 16.3 Å². The SMILES string of the molecule is CCNCc1cnc(C)cc1Oc1ccc(Cl)cc1. The zero-order valence-corrected chi connectivity index (χ0v) is 11.9. The van der Waals surface area contributed by atoms with Gasteiger partial charge in [0.1, 0.15) is 11.5 Å². The predicted molar refractivity (Wildman–Crippen MR) is 77.9 cm³/mol. The Balaban J connectivity index is 2.22. The van der Waals surface area contributed by atoms with Gasteiger partial charge in [0.05, 0.1) is 0 Å². The Kier molecular flexibility index (Phi) is 4.77. The Morgan fingerprint density at radius 2 is 2.00 bits per heavy atom. The van der Waals surface area contributed by atoms with Crippen LogP contribution in [0.5, 0.6) is 11.5 Å². The lowest BCUT2D eigenvalue weighted by atomic mass is 10.2. The van der Waals surface area contributed by atoms with E-state index in [1.54, 1.807) is 0 Å². The van der Waals surface area contributed by atoms with E-state index < -0.39 is 0 Å². The highest BCUT2D eigenvalue weighted by Gasteiger charge is 2.06. The number of halogens is 1. The molecule has 0 atom stereocenters. The second-order valence-corrected chi connectivity index (χ2v) is 4.71. The van der Waals surface area contributed by atoms with Crippen LogP contribution in [0.2, 0.25) is 5.02 Å². The molecule has 1 aromatic carbocycles. The monoisotopic (exact) mass is 276 g/mol. The Bertz CT molecular complexity index is 540. The molecule has 0 aliphatic carbocycles. The number of nitrogens with one attached hydrogen (secondary N) is 1. The number of benzene rings is 1. The van der Waals surface area contributed by atoms with Gasteiger partial charge in [-0.3, -0.25) is 4.98 Å². The van der Waals surface area contributed by atoms with E-state index in [1.165, 1.54) is 0 Å². The molecule has 1 aromatic heterocycles. The van der Waals surface area contributed by atoms with Gasteiger partial charge in [0, 0.05) is 35.1 Å². The van der Waals surface area contributed by atoms with Crippen LogP contribution in [-0.4, -0.2) is 11.5 Å². The molecule has 0 saturated carbocycles. The first-order valence-corrected chi connectivity index (χ1v) is 6.66. The van der Waals surface area contributed by atoms with Crippen LogP contribution in [0.25, 0.3) is 0 Å². The highest BCUT2D eigenvalue weighted by atomic mass is 35.5. The van der Waals surface area contributed by atoms with Crippen molar-refractivity contribution in [1.29, 1.82) is 0 Å². The number of rotatable bonds is 5. The standard InChI is InChI=1S/C15H17ClN2O/c1-3-17-9-12-10-18-11(2)8-15(12)19-14-6-4-13(16)5-7-14/h4-8,10,17H,3,9H2,1-2H3. The zero-order valence-electron chi connectivity index (χ0n) is 11.1. The largest absolute Gasteiger partial charge is 0.457 e. The minimum absolute atomic E-state index is 0.700. The summed E-state index contributed by atoms with van der Waals surface area (Å²) in [5.41, 5.74) is 1.98. The van der Waals surface area contributed by atoms with Crippen LogP contribution >= 0.6 is 11.6 Å². The predicted octanol–water partition coefficient (Wildman–Crippen LogP) is 3.95. The van der Waals surface area contributed by atoms with Crippen molar-refractivity contribution in [2.24, 2.45) is 0 Å². The van der Waals surface area contributed by atoms with Gasteiger partial charge in [0.25, 0.3) is 0 Å². The number of aromatic nitrogens is 1. The second-order valence-electron chi connectivity index (χ2n) is 4.27. The summed E-state index contributed by atoms with van der Waals surface area (Å²) in [4.78, 5) is 4.31. The summed E-state index contributed by atoms with van der Waals surface area (Å²) in [7, 11) is 0. The Morgan fingerprint density at radius 3 is 2.68 bits per heavy atom. The van der Waals surface area contributed by atoms with Crippen LogP contribution < -0.4 is 10.1 Å². The fourth-order valence-electron chi connectivity index (χ4n) is 1.68. The van der Waals surface area contributed by atoms with Gasteiger partial charge in [0.2, 0.25) is 0 Å². The number of nitrogens with zero attached hydrogens (tertiary/aromatic N) is 1. The molecule has 1 N–H and O–H groups in total. The molecule has 0 aliphatic heterocycles. The summed E-state index contributed by atoms with van der Waals surface area (Å²) in [6.45, 7) is 5.67. The van der Waals surface area contributed by atoms with E-state index in [0.717, 1.165) is 35.8 Å². The molecule has 0 saturated heterocycles. The summed E-state index contributed by atoms with van der Waals surface area (Å²) in [5.74, 6) is 1.60. The maximum Gasteiger partial charge on any atom is 0.135 e. The van der Waals surface area contributed by atoms with Crippen LogP contribution in [0.1, 0.15) is 18.2 Å². The van der Waals surface area contributed by atoms with E-state index in [2.05, 4.69) is 17.2 Å². The summed E-state index contributed by atoms with van der Waals surface area (Å²) in [6, 6.07) is 9.29. The number of ether oxygens (including phenoxy) is 1. The topological polar surface area (TPSA) is 34.2 Å². The van der Waals surface area contributed by atoms with Crippen molar-refractivity contribution in [2.45, 2.75) is 20.4 Å². The molecule has 19 heavy (non-hydrogen) atoms. The van der Waals surface area contributed by atoms with Crippen molar-refractivity contribution < 1.29 is 4.74 Å². The van der Waals surface area contributed by atoms with Gasteiger partial charge in [-0.1, -0.05) is 18.5 Å². The van der Waals surface area contributed by atoms with Crippen molar-refractivity contribution in [1.82, 2.24) is 10.3 Å². The fourth-order valence-corrected chi connectivity index (χ4v) is 1.81. The number of hydrogen-bond donors (Lipinski definition) is 1. The molecular formula is C15H17ClN2O. The van der Waals surface area contributed by atoms with Gasteiger partial charge < -0.3 is 10.1 Å². The van der Waals surface area contributed by atoms with Crippen LogP contribution in [0.3, 0.4) is 0 Å². The molecule has 100 valence electrons. The van der Waals surface area contributed by atoms with E-state index in [9.17, 15) is 0 Å². The van der Waals surface area contributed by atoms with E-state index >= 15 is 0 Å². The first-order valence-electron chi connectivity index (χ1n) is 6.28. The summed E-state index contributed by atoms with van der Waals surface area (Å²) in [6.07, 6.45) is 1.85. The van der Waals surface area contributed by atoms with E-state index in [1.807, 2.05) is 43.5 Å². The third-order valence-electron chi connectivity index (χ3n) is 2.69. The maximum absolute atomic E-state index is 5.90. The van der Waals surface area contributed by atoms with Gasteiger partial charge >= 0.3 is 0 Å². The van der Waals surface area contributed by atoms with E-state index in [-0.39, 0.29) is 0 Å². The van der Waals surface area contributed by atoms with Crippen LogP contribution in [0, 0.1) is 6.92 Å². The third-order valence-corrected chi connectivity index (χ3v) is 2.94. The number of hydrogen-bond acceptors (Lipinski definition) is 3. The van der Waals surface area contributed by atoms with Gasteiger partial charge in [0.15, 0.2) is 0 Å². The second kappa shape index (κ2) is 6.55. The van der Waals surface area contributed by atoms with Crippen molar-refractivity contribution >= 4 is 11.6 Å². The molecule has 0 unspecified atom stereocenters. The van der Waals surface area contributed by atoms with Crippen LogP contribution in [-0.2, 0) is 6.54 Å². The quantitative estimate of drug-likeness (QED) is 0.898. The smallest absolute Gasteiger partial charge is 0.135 e. The van der Waals surface area contributed by atoms with Gasteiger partial charge in [-0.25, -0.2) is 0 Å². The lowest BCUT2D eigenvalue weighted by Gasteiger charge is -2.12. The minimum atomic E-state index is 0.700. The fraction of sp³-hybridized carbons (Fsp3) is 0.267. The molecule has 2 aromatic rings. The molecule has 0 fully saturated rings. The van der Waals surface area contributed by atoms with Gasteiger partial charge in [-0.05, 0) is 37.7 Å². The van der Waals surface area contributed by atoms with Crippen molar-refractivity contribution in [3.8, 4) is 11.5 Å². The molecule has 3 nitrogen and oxygen atoms in total. The van der Waals surface area contributed by atoms with Crippen molar-refractivity contribution in [3.05, 3.63) is 52.8 Å². The summed E-state index contributed by atoms with van der Waals surface area (Å²) in [5, 5.41) is 3.98. The molecule has 0 amide bonds. The molecule has 0 aliphatic rings. The molecule has 0 radical (unpaired) electrons. The van der Waals surface area contributed by atoms with Crippen molar-refractivity contribution in [2.75, 3.05) is 6.54 Å². The molecule has 1 heterocycles. The Morgan fingerprint density at radius 1 is 1.26 bits per heavy atom. The summed E-state index contributed by atoms with van der Waals surface area (Å²) < 4.78 is 5.90. The molecule has 4 heteroatoms. The maximum atomic E-state index is 5.90. The molecule has 0 spiro atoms. The average molecular weight is 277 g/mol. The Hall–Kier alpha value is -1.58. The minimum Gasteiger partial charge on any atom is -0.457 e. The molecular weight excluding hydrogens is 260 g/mol. The zero-order chi connectivity index (χ0) is 13.7. The normalized spacial score (nSPS) is 10.5. The number of pyridine rings is 1. The van der Waals surface area contributed by atoms with E-state index in [0.29, 0.717) is 5.02 Å². The van der Waals surface area contributed by atoms with Crippen LogP contribution in [0.15, 0.2) is 36.5 Å². The number of aryl methyl sites for hydroxylation is 1. The molecule has 2 rings (SSSR count). The van der Waals surface area contributed by atoms with Crippen molar-refractivity contribution in [3.63, 3.8) is 0 Å². The average Bonchev–Trinajstić information content (AvgIpc) is 2.40.